The highest BCUT2D eigenvalue weighted by molar-refractivity contribution is 7.89. The number of likely N-dealkylation sites (tertiary alicyclic amines) is 1. The summed E-state index contributed by atoms with van der Waals surface area (Å²) in [6, 6.07) is 6.80. The van der Waals surface area contributed by atoms with Crippen molar-refractivity contribution in [1.82, 2.24) is 10.2 Å². The summed E-state index contributed by atoms with van der Waals surface area (Å²) in [6.45, 7) is 3.95. The van der Waals surface area contributed by atoms with Crippen LogP contribution in [0.3, 0.4) is 0 Å². The van der Waals surface area contributed by atoms with E-state index >= 15 is 0 Å². The number of piperidine rings is 1. The zero-order valence-electron chi connectivity index (χ0n) is 11.9. The topological polar surface area (TPSA) is 75.4 Å². The Morgan fingerprint density at radius 1 is 1.45 bits per heavy atom. The molecule has 1 saturated heterocycles. The second-order valence-corrected chi connectivity index (χ2v) is 7.16. The number of rotatable bonds is 5. The predicted octanol–water partition coefficient (Wildman–Crippen LogP) is 0.765. The summed E-state index contributed by atoms with van der Waals surface area (Å²) in [5.74, 6) is 0.676. The molecule has 1 heterocycles. The Labute approximate surface area is 121 Å². The highest BCUT2D eigenvalue weighted by Crippen LogP contribution is 2.14. The summed E-state index contributed by atoms with van der Waals surface area (Å²) in [5.41, 5.74) is 0.945. The van der Waals surface area contributed by atoms with Gasteiger partial charge in [0.05, 0.1) is 4.90 Å². The molecule has 1 aliphatic rings. The normalized spacial score (nSPS) is 21.0. The van der Waals surface area contributed by atoms with Crippen molar-refractivity contribution < 1.29 is 8.42 Å². The van der Waals surface area contributed by atoms with Crippen molar-refractivity contribution in [3.63, 3.8) is 0 Å². The minimum atomic E-state index is -3.61. The van der Waals surface area contributed by atoms with Gasteiger partial charge in [-0.05, 0) is 56.6 Å². The predicted molar refractivity (Wildman–Crippen MR) is 79.7 cm³/mol. The first-order valence-electron chi connectivity index (χ1n) is 6.96. The van der Waals surface area contributed by atoms with Crippen LogP contribution in [0.4, 0.5) is 0 Å². The number of nitrogens with zero attached hydrogens (tertiary/aromatic N) is 1. The Morgan fingerprint density at radius 2 is 2.25 bits per heavy atom. The molecule has 0 spiro atoms. The lowest BCUT2D eigenvalue weighted by atomic mass is 9.98. The van der Waals surface area contributed by atoms with E-state index in [-0.39, 0.29) is 4.90 Å². The molecule has 3 N–H and O–H groups in total. The lowest BCUT2D eigenvalue weighted by Crippen LogP contribution is -2.37. The maximum Gasteiger partial charge on any atom is 0.238 e. The van der Waals surface area contributed by atoms with Crippen LogP contribution >= 0.6 is 0 Å². The maximum absolute atomic E-state index is 11.3. The van der Waals surface area contributed by atoms with Gasteiger partial charge in [0, 0.05) is 13.1 Å². The molecule has 112 valence electrons. The van der Waals surface area contributed by atoms with E-state index in [1.807, 2.05) is 6.07 Å². The van der Waals surface area contributed by atoms with Crippen LogP contribution in [0.1, 0.15) is 18.4 Å². The van der Waals surface area contributed by atoms with Gasteiger partial charge in [0.1, 0.15) is 0 Å². The summed E-state index contributed by atoms with van der Waals surface area (Å²) < 4.78 is 22.6. The minimum absolute atomic E-state index is 0.175. The van der Waals surface area contributed by atoms with Gasteiger partial charge in [0.15, 0.2) is 0 Å². The van der Waals surface area contributed by atoms with E-state index in [0.29, 0.717) is 12.5 Å². The van der Waals surface area contributed by atoms with Crippen LogP contribution in [-0.2, 0) is 16.6 Å². The van der Waals surface area contributed by atoms with Crippen LogP contribution in [0.5, 0.6) is 0 Å². The van der Waals surface area contributed by atoms with Crippen LogP contribution in [-0.4, -0.2) is 40.0 Å². The van der Waals surface area contributed by atoms with E-state index in [0.717, 1.165) is 18.7 Å². The van der Waals surface area contributed by atoms with Crippen molar-refractivity contribution in [1.29, 1.82) is 0 Å². The molecule has 1 atom stereocenters. The van der Waals surface area contributed by atoms with E-state index in [2.05, 4.69) is 17.3 Å². The number of nitrogens with two attached hydrogens (primary N) is 1. The molecule has 0 radical (unpaired) electrons. The zero-order valence-corrected chi connectivity index (χ0v) is 12.7. The van der Waals surface area contributed by atoms with Crippen molar-refractivity contribution in [2.45, 2.75) is 24.3 Å². The van der Waals surface area contributed by atoms with E-state index in [4.69, 9.17) is 5.14 Å². The zero-order chi connectivity index (χ0) is 14.6. The molecule has 1 aromatic carbocycles. The van der Waals surface area contributed by atoms with Crippen molar-refractivity contribution in [2.75, 3.05) is 26.7 Å². The Balaban J connectivity index is 1.85. The smallest absolute Gasteiger partial charge is 0.238 e. The van der Waals surface area contributed by atoms with Crippen LogP contribution in [0, 0.1) is 5.92 Å². The molecule has 0 bridgehead atoms. The summed E-state index contributed by atoms with van der Waals surface area (Å²) in [5, 5.41) is 8.54. The summed E-state index contributed by atoms with van der Waals surface area (Å²) in [7, 11) is -1.46. The maximum atomic E-state index is 11.3. The first-order chi connectivity index (χ1) is 9.45. The van der Waals surface area contributed by atoms with Crippen LogP contribution in [0.15, 0.2) is 29.2 Å². The molecule has 1 unspecified atom stereocenters. The van der Waals surface area contributed by atoms with Gasteiger partial charge in [0.2, 0.25) is 10.0 Å². The Hall–Kier alpha value is -0.950. The first-order valence-corrected chi connectivity index (χ1v) is 8.51. The molecular weight excluding hydrogens is 274 g/mol. The molecule has 0 aromatic heterocycles. The van der Waals surface area contributed by atoms with Crippen LogP contribution < -0.4 is 10.5 Å². The molecule has 1 aromatic rings. The lowest BCUT2D eigenvalue weighted by molar-refractivity contribution is 0.206. The highest BCUT2D eigenvalue weighted by Gasteiger charge is 2.16. The van der Waals surface area contributed by atoms with E-state index in [9.17, 15) is 8.42 Å². The quantitative estimate of drug-likeness (QED) is 0.841. The Bertz CT molecular complexity index is 545. The van der Waals surface area contributed by atoms with Crippen molar-refractivity contribution in [2.24, 2.45) is 11.1 Å². The number of hydrogen-bond acceptors (Lipinski definition) is 4. The standard InChI is InChI=1S/C14H23N3O2S/c1-17-7-3-5-13(11-17)10-16-9-12-4-2-6-14(8-12)20(15,18)19/h2,4,6,8,13,16H,3,5,7,9-11H2,1H3,(H2,15,18,19). The fraction of sp³-hybridized carbons (Fsp3) is 0.571. The van der Waals surface area contributed by atoms with Gasteiger partial charge in [-0.15, -0.1) is 0 Å². The number of hydrogen-bond donors (Lipinski definition) is 2. The summed E-state index contributed by atoms with van der Waals surface area (Å²) >= 11 is 0. The summed E-state index contributed by atoms with van der Waals surface area (Å²) in [4.78, 5) is 2.53. The van der Waals surface area contributed by atoms with E-state index in [1.165, 1.54) is 25.5 Å². The third-order valence-corrected chi connectivity index (χ3v) is 4.62. The number of primary sulfonamides is 1. The number of sulfonamides is 1. The van der Waals surface area contributed by atoms with E-state index < -0.39 is 10.0 Å². The third-order valence-electron chi connectivity index (χ3n) is 3.71. The van der Waals surface area contributed by atoms with Gasteiger partial charge in [-0.2, -0.15) is 0 Å². The van der Waals surface area contributed by atoms with Crippen molar-refractivity contribution in [3.8, 4) is 0 Å². The first kappa shape index (κ1) is 15.4. The molecule has 5 nitrogen and oxygen atoms in total. The fourth-order valence-electron chi connectivity index (χ4n) is 2.69. The van der Waals surface area contributed by atoms with Gasteiger partial charge in [-0.3, -0.25) is 0 Å². The largest absolute Gasteiger partial charge is 0.312 e. The third kappa shape index (κ3) is 4.56. The molecule has 0 saturated carbocycles. The SMILES string of the molecule is CN1CCCC(CNCc2cccc(S(N)(=O)=O)c2)C1. The van der Waals surface area contributed by atoms with E-state index in [1.54, 1.807) is 12.1 Å². The second kappa shape index (κ2) is 6.67. The number of benzene rings is 1. The molecule has 2 rings (SSSR count). The van der Waals surface area contributed by atoms with Gasteiger partial charge in [0.25, 0.3) is 0 Å². The second-order valence-electron chi connectivity index (χ2n) is 5.59. The van der Waals surface area contributed by atoms with Crippen LogP contribution in [0.25, 0.3) is 0 Å². The highest BCUT2D eigenvalue weighted by atomic mass is 32.2. The van der Waals surface area contributed by atoms with Crippen molar-refractivity contribution >= 4 is 10.0 Å². The average Bonchev–Trinajstić information content (AvgIpc) is 2.38. The molecule has 0 amide bonds. The summed E-state index contributed by atoms with van der Waals surface area (Å²) in [6.07, 6.45) is 2.51. The number of nitrogens with one attached hydrogen (secondary N) is 1. The van der Waals surface area contributed by atoms with Gasteiger partial charge in [-0.1, -0.05) is 12.1 Å². The molecule has 1 fully saturated rings. The lowest BCUT2D eigenvalue weighted by Gasteiger charge is -2.29. The monoisotopic (exact) mass is 297 g/mol. The Kier molecular flexibility index (Phi) is 5.15. The fourth-order valence-corrected chi connectivity index (χ4v) is 3.28. The molecule has 6 heteroatoms. The Morgan fingerprint density at radius 3 is 2.95 bits per heavy atom. The van der Waals surface area contributed by atoms with Gasteiger partial charge in [-0.25, -0.2) is 13.6 Å². The molecular formula is C14H23N3O2S. The molecule has 1 aliphatic heterocycles. The van der Waals surface area contributed by atoms with Gasteiger partial charge >= 0.3 is 0 Å². The molecule has 20 heavy (non-hydrogen) atoms. The van der Waals surface area contributed by atoms with Crippen LogP contribution in [0.2, 0.25) is 0 Å². The molecule has 0 aliphatic carbocycles. The van der Waals surface area contributed by atoms with Gasteiger partial charge < -0.3 is 10.2 Å². The van der Waals surface area contributed by atoms with Crippen molar-refractivity contribution in [3.05, 3.63) is 29.8 Å². The minimum Gasteiger partial charge on any atom is -0.312 e. The average molecular weight is 297 g/mol.